The molecule has 142 valence electrons. The summed E-state index contributed by atoms with van der Waals surface area (Å²) in [5, 5.41) is 7.90. The van der Waals surface area contributed by atoms with Gasteiger partial charge in [0, 0.05) is 42.9 Å². The summed E-state index contributed by atoms with van der Waals surface area (Å²) in [6.45, 7) is 7.07. The fourth-order valence-corrected chi connectivity index (χ4v) is 3.95. The van der Waals surface area contributed by atoms with Crippen LogP contribution in [-0.4, -0.2) is 37.1 Å². The summed E-state index contributed by atoms with van der Waals surface area (Å²) < 4.78 is 0. The lowest BCUT2D eigenvalue weighted by atomic mass is 10.2. The van der Waals surface area contributed by atoms with Gasteiger partial charge in [-0.05, 0) is 31.4 Å². The van der Waals surface area contributed by atoms with E-state index < -0.39 is 0 Å². The fraction of sp³-hybridized carbons (Fsp3) is 0.474. The zero-order valence-electron chi connectivity index (χ0n) is 15.7. The minimum absolute atomic E-state index is 0. The highest BCUT2D eigenvalue weighted by Gasteiger charge is 2.22. The quantitative estimate of drug-likeness (QED) is 0.374. The number of rotatable bonds is 6. The molecule has 5 nitrogen and oxygen atoms in total. The van der Waals surface area contributed by atoms with Crippen LogP contribution in [0.2, 0.25) is 0 Å². The standard InChI is InChI=1S/C19H27N5S.HI/c1-4-16-12-21-18(25-16)13-23-19(20-3)22-11-14(2)24-10-9-15-7-5-6-8-17(15)24;/h5-8,12,14H,4,9-11,13H2,1-3H3,(H2,20,22,23);1H. The monoisotopic (exact) mass is 485 g/mol. The lowest BCUT2D eigenvalue weighted by molar-refractivity contribution is 0.625. The van der Waals surface area contributed by atoms with Crippen molar-refractivity contribution in [1.29, 1.82) is 0 Å². The van der Waals surface area contributed by atoms with Crippen molar-refractivity contribution in [3.8, 4) is 0 Å². The van der Waals surface area contributed by atoms with E-state index in [4.69, 9.17) is 0 Å². The van der Waals surface area contributed by atoms with E-state index >= 15 is 0 Å². The van der Waals surface area contributed by atoms with Crippen molar-refractivity contribution in [1.82, 2.24) is 15.6 Å². The molecule has 0 spiro atoms. The molecule has 0 amide bonds. The maximum atomic E-state index is 4.44. The molecule has 1 aromatic heterocycles. The topological polar surface area (TPSA) is 52.6 Å². The van der Waals surface area contributed by atoms with Crippen LogP contribution in [0.5, 0.6) is 0 Å². The average Bonchev–Trinajstić information content (AvgIpc) is 3.28. The Bertz CT molecular complexity index is 730. The molecule has 0 aliphatic carbocycles. The van der Waals surface area contributed by atoms with E-state index in [0.717, 1.165) is 36.9 Å². The highest BCUT2D eigenvalue weighted by molar-refractivity contribution is 14.0. The Hall–Kier alpha value is -1.35. The Balaban J connectivity index is 0.00000243. The van der Waals surface area contributed by atoms with Gasteiger partial charge in [-0.2, -0.15) is 0 Å². The molecule has 26 heavy (non-hydrogen) atoms. The van der Waals surface area contributed by atoms with Crippen molar-refractivity contribution >= 4 is 47.0 Å². The molecule has 0 saturated carbocycles. The minimum atomic E-state index is 0. The molecule has 0 radical (unpaired) electrons. The first-order valence-corrected chi connectivity index (χ1v) is 9.75. The van der Waals surface area contributed by atoms with Crippen LogP contribution in [0.25, 0.3) is 0 Å². The molecule has 1 aromatic carbocycles. The number of halogens is 1. The second-order valence-corrected chi connectivity index (χ2v) is 7.50. The fourth-order valence-electron chi connectivity index (χ4n) is 3.15. The molecule has 1 unspecified atom stereocenters. The van der Waals surface area contributed by atoms with E-state index in [2.05, 4.69) is 63.6 Å². The number of fused-ring (bicyclic) bond motifs is 1. The molecule has 2 aromatic rings. The Morgan fingerprint density at radius 1 is 1.35 bits per heavy atom. The third-order valence-corrected chi connectivity index (χ3v) is 5.74. The summed E-state index contributed by atoms with van der Waals surface area (Å²) in [5.41, 5.74) is 2.82. The van der Waals surface area contributed by atoms with Gasteiger partial charge in [0.15, 0.2) is 5.96 Å². The SMILES string of the molecule is CCc1cnc(CNC(=NC)NCC(C)N2CCc3ccccc32)s1.I. The predicted octanol–water partition coefficient (Wildman–Crippen LogP) is 3.44. The third kappa shape index (κ3) is 5.09. The summed E-state index contributed by atoms with van der Waals surface area (Å²) in [4.78, 5) is 12.6. The highest BCUT2D eigenvalue weighted by atomic mass is 127. The van der Waals surface area contributed by atoms with Crippen LogP contribution in [0, 0.1) is 0 Å². The van der Waals surface area contributed by atoms with E-state index in [1.807, 2.05) is 13.2 Å². The van der Waals surface area contributed by atoms with Crippen LogP contribution >= 0.6 is 35.3 Å². The van der Waals surface area contributed by atoms with Crippen molar-refractivity contribution in [2.24, 2.45) is 4.99 Å². The number of aromatic nitrogens is 1. The molecule has 1 aliphatic heterocycles. The first-order valence-electron chi connectivity index (χ1n) is 8.94. The van der Waals surface area contributed by atoms with Crippen LogP contribution in [0.3, 0.4) is 0 Å². The highest BCUT2D eigenvalue weighted by Crippen LogP contribution is 2.28. The molecule has 0 fully saturated rings. The smallest absolute Gasteiger partial charge is 0.191 e. The maximum Gasteiger partial charge on any atom is 0.191 e. The zero-order valence-corrected chi connectivity index (χ0v) is 18.8. The molecule has 1 aliphatic rings. The molecular weight excluding hydrogens is 457 g/mol. The summed E-state index contributed by atoms with van der Waals surface area (Å²) >= 11 is 1.76. The third-order valence-electron chi connectivity index (χ3n) is 4.60. The van der Waals surface area contributed by atoms with E-state index in [0.29, 0.717) is 12.6 Å². The van der Waals surface area contributed by atoms with Crippen molar-refractivity contribution in [3.05, 3.63) is 45.9 Å². The van der Waals surface area contributed by atoms with Crippen LogP contribution in [0.15, 0.2) is 35.5 Å². The molecule has 0 saturated heterocycles. The van der Waals surface area contributed by atoms with Gasteiger partial charge >= 0.3 is 0 Å². The van der Waals surface area contributed by atoms with Gasteiger partial charge in [-0.25, -0.2) is 4.98 Å². The van der Waals surface area contributed by atoms with Crippen molar-refractivity contribution in [2.75, 3.05) is 25.0 Å². The first kappa shape index (κ1) is 21.0. The van der Waals surface area contributed by atoms with Crippen LogP contribution in [-0.2, 0) is 19.4 Å². The molecule has 0 bridgehead atoms. The number of anilines is 1. The number of thiazole rings is 1. The van der Waals surface area contributed by atoms with Crippen LogP contribution in [0.1, 0.15) is 29.3 Å². The lowest BCUT2D eigenvalue weighted by Crippen LogP contribution is -2.45. The van der Waals surface area contributed by atoms with Gasteiger partial charge in [-0.1, -0.05) is 25.1 Å². The van der Waals surface area contributed by atoms with Crippen LogP contribution in [0.4, 0.5) is 5.69 Å². The van der Waals surface area contributed by atoms with Gasteiger partial charge in [0.1, 0.15) is 5.01 Å². The number of aryl methyl sites for hydroxylation is 1. The van der Waals surface area contributed by atoms with Gasteiger partial charge in [-0.15, -0.1) is 35.3 Å². The normalized spacial score (nSPS) is 14.6. The Kier molecular flexibility index (Phi) is 8.15. The second-order valence-electron chi connectivity index (χ2n) is 6.30. The molecule has 1 atom stereocenters. The number of hydrogen-bond acceptors (Lipinski definition) is 4. The lowest BCUT2D eigenvalue weighted by Gasteiger charge is -2.28. The number of benzene rings is 1. The Labute approximate surface area is 177 Å². The zero-order chi connectivity index (χ0) is 17.6. The van der Waals surface area contributed by atoms with Gasteiger partial charge in [0.2, 0.25) is 0 Å². The average molecular weight is 485 g/mol. The number of aliphatic imine (C=N–C) groups is 1. The van der Waals surface area contributed by atoms with E-state index in [-0.39, 0.29) is 24.0 Å². The second kappa shape index (κ2) is 10.1. The molecule has 2 N–H and O–H groups in total. The Morgan fingerprint density at radius 2 is 2.15 bits per heavy atom. The molecule has 7 heteroatoms. The van der Waals surface area contributed by atoms with Gasteiger partial charge < -0.3 is 15.5 Å². The number of para-hydroxylation sites is 1. The number of hydrogen-bond donors (Lipinski definition) is 2. The molecule has 2 heterocycles. The molecular formula is C19H28IN5S. The van der Waals surface area contributed by atoms with E-state index in [9.17, 15) is 0 Å². The minimum Gasteiger partial charge on any atom is -0.366 e. The summed E-state index contributed by atoms with van der Waals surface area (Å²) in [5.74, 6) is 0.826. The van der Waals surface area contributed by atoms with E-state index in [1.54, 1.807) is 11.3 Å². The number of nitrogens with one attached hydrogen (secondary N) is 2. The Morgan fingerprint density at radius 3 is 2.88 bits per heavy atom. The van der Waals surface area contributed by atoms with Crippen LogP contribution < -0.4 is 15.5 Å². The van der Waals surface area contributed by atoms with Crippen molar-refractivity contribution < 1.29 is 0 Å². The largest absolute Gasteiger partial charge is 0.366 e. The predicted molar refractivity (Wildman–Crippen MR) is 122 cm³/mol. The summed E-state index contributed by atoms with van der Waals surface area (Å²) in [6, 6.07) is 9.11. The summed E-state index contributed by atoms with van der Waals surface area (Å²) in [7, 11) is 1.81. The van der Waals surface area contributed by atoms with Crippen molar-refractivity contribution in [3.63, 3.8) is 0 Å². The van der Waals surface area contributed by atoms with Gasteiger partial charge in [-0.3, -0.25) is 4.99 Å². The van der Waals surface area contributed by atoms with Gasteiger partial charge in [0.25, 0.3) is 0 Å². The van der Waals surface area contributed by atoms with Gasteiger partial charge in [0.05, 0.1) is 6.54 Å². The van der Waals surface area contributed by atoms with E-state index in [1.165, 1.54) is 16.1 Å². The first-order chi connectivity index (χ1) is 12.2. The number of nitrogens with zero attached hydrogens (tertiary/aromatic N) is 3. The number of guanidine groups is 1. The summed E-state index contributed by atoms with van der Waals surface area (Å²) in [6.07, 6.45) is 4.14. The molecule has 3 rings (SSSR count). The van der Waals surface area contributed by atoms with Crippen molar-refractivity contribution in [2.45, 2.75) is 39.3 Å². The maximum absolute atomic E-state index is 4.44.